The minimum absolute atomic E-state index is 0.141. The van der Waals surface area contributed by atoms with E-state index in [1.165, 1.54) is 9.80 Å². The molecule has 10 heteroatoms. The van der Waals surface area contributed by atoms with E-state index in [0.29, 0.717) is 0 Å². The number of nitrogens with two attached hydrogens (primary N) is 2. The summed E-state index contributed by atoms with van der Waals surface area (Å²) in [5.41, 5.74) is 10.2. The second-order valence-electron chi connectivity index (χ2n) is 5.06. The van der Waals surface area contributed by atoms with Crippen LogP contribution in [0.2, 0.25) is 0 Å². The van der Waals surface area contributed by atoms with Crippen molar-refractivity contribution in [3.63, 3.8) is 0 Å². The lowest BCUT2D eigenvalue weighted by atomic mass is 10.2. The molecule has 2 amide bonds. The van der Waals surface area contributed by atoms with Gasteiger partial charge in [-0.2, -0.15) is 0 Å². The standard InChI is InChI=1S/C13H24N4O6/c1-3-23-13(22)8-16(5-10(14)18)4-9(2)17(6-11(15)19)7-12(20)21/h9H,3-8H2,1-2H3,(H2,14,18)(H2,15,19)(H,20,21)/t9-/m1/s1. The Morgan fingerprint density at radius 3 is 2.04 bits per heavy atom. The number of primary amides is 2. The van der Waals surface area contributed by atoms with Crippen LogP contribution in [0, 0.1) is 0 Å². The van der Waals surface area contributed by atoms with Crippen molar-refractivity contribution in [2.24, 2.45) is 11.5 Å². The molecule has 0 saturated heterocycles. The molecule has 0 aliphatic rings. The van der Waals surface area contributed by atoms with Crippen LogP contribution in [0.3, 0.4) is 0 Å². The van der Waals surface area contributed by atoms with Gasteiger partial charge in [0, 0.05) is 12.6 Å². The van der Waals surface area contributed by atoms with Crippen LogP contribution in [-0.4, -0.2) is 84.0 Å². The summed E-state index contributed by atoms with van der Waals surface area (Å²) in [5.74, 6) is -2.96. The molecule has 0 aromatic heterocycles. The highest BCUT2D eigenvalue weighted by atomic mass is 16.5. The Morgan fingerprint density at radius 1 is 1.04 bits per heavy atom. The van der Waals surface area contributed by atoms with Crippen LogP contribution in [0.4, 0.5) is 0 Å². The highest BCUT2D eigenvalue weighted by Gasteiger charge is 2.23. The monoisotopic (exact) mass is 332 g/mol. The molecule has 0 aliphatic heterocycles. The molecule has 0 saturated carbocycles. The zero-order valence-electron chi connectivity index (χ0n) is 13.4. The lowest BCUT2D eigenvalue weighted by Gasteiger charge is -2.30. The van der Waals surface area contributed by atoms with Gasteiger partial charge in [-0.1, -0.05) is 0 Å². The second kappa shape index (κ2) is 10.5. The van der Waals surface area contributed by atoms with Crippen LogP contribution in [0.25, 0.3) is 0 Å². The van der Waals surface area contributed by atoms with E-state index in [1.54, 1.807) is 13.8 Å². The Balaban J connectivity index is 4.88. The van der Waals surface area contributed by atoms with Gasteiger partial charge >= 0.3 is 11.9 Å². The van der Waals surface area contributed by atoms with Crippen molar-refractivity contribution in [3.05, 3.63) is 0 Å². The normalized spacial score (nSPS) is 12.2. The number of carbonyl (C=O) groups excluding carboxylic acids is 3. The fraction of sp³-hybridized carbons (Fsp3) is 0.692. The van der Waals surface area contributed by atoms with E-state index in [9.17, 15) is 19.2 Å². The number of ether oxygens (including phenoxy) is 1. The maximum atomic E-state index is 11.5. The smallest absolute Gasteiger partial charge is 0.320 e. The molecule has 132 valence electrons. The summed E-state index contributed by atoms with van der Waals surface area (Å²) >= 11 is 0. The molecule has 10 nitrogen and oxygen atoms in total. The minimum Gasteiger partial charge on any atom is -0.480 e. The van der Waals surface area contributed by atoms with E-state index in [4.69, 9.17) is 21.3 Å². The van der Waals surface area contributed by atoms with Crippen molar-refractivity contribution in [2.45, 2.75) is 19.9 Å². The van der Waals surface area contributed by atoms with Gasteiger partial charge in [0.25, 0.3) is 0 Å². The first-order valence-corrected chi connectivity index (χ1v) is 7.06. The summed E-state index contributed by atoms with van der Waals surface area (Å²) in [6.07, 6.45) is 0. The maximum absolute atomic E-state index is 11.5. The van der Waals surface area contributed by atoms with Gasteiger partial charge in [0.15, 0.2) is 0 Å². The predicted octanol–water partition coefficient (Wildman–Crippen LogP) is -2.40. The van der Waals surface area contributed by atoms with Gasteiger partial charge in [0.05, 0.1) is 32.8 Å². The van der Waals surface area contributed by atoms with Crippen molar-refractivity contribution in [1.82, 2.24) is 9.80 Å². The van der Waals surface area contributed by atoms with Crippen molar-refractivity contribution >= 4 is 23.8 Å². The van der Waals surface area contributed by atoms with Crippen LogP contribution >= 0.6 is 0 Å². The largest absolute Gasteiger partial charge is 0.480 e. The molecule has 0 spiro atoms. The molecular weight excluding hydrogens is 308 g/mol. The fourth-order valence-electron chi connectivity index (χ4n) is 2.03. The number of hydrogen-bond acceptors (Lipinski definition) is 7. The number of aliphatic carboxylic acids is 1. The van der Waals surface area contributed by atoms with Gasteiger partial charge in [0.1, 0.15) is 0 Å². The van der Waals surface area contributed by atoms with Gasteiger partial charge in [-0.15, -0.1) is 0 Å². The number of hydrogen-bond donors (Lipinski definition) is 3. The van der Waals surface area contributed by atoms with Crippen molar-refractivity contribution in [1.29, 1.82) is 0 Å². The van der Waals surface area contributed by atoms with Crippen molar-refractivity contribution in [2.75, 3.05) is 39.3 Å². The van der Waals surface area contributed by atoms with Gasteiger partial charge in [-0.05, 0) is 13.8 Å². The number of rotatable bonds is 12. The van der Waals surface area contributed by atoms with Crippen LogP contribution < -0.4 is 11.5 Å². The van der Waals surface area contributed by atoms with Gasteiger partial charge in [0.2, 0.25) is 11.8 Å². The number of esters is 1. The average Bonchev–Trinajstić information content (AvgIpc) is 2.35. The molecule has 23 heavy (non-hydrogen) atoms. The summed E-state index contributed by atoms with van der Waals surface area (Å²) < 4.78 is 4.81. The number of nitrogens with zero attached hydrogens (tertiary/aromatic N) is 2. The average molecular weight is 332 g/mol. The molecule has 0 unspecified atom stereocenters. The third kappa shape index (κ3) is 10.2. The minimum atomic E-state index is -1.12. The molecule has 0 aromatic rings. The summed E-state index contributed by atoms with van der Waals surface area (Å²) in [6.45, 7) is 2.64. The lowest BCUT2D eigenvalue weighted by Crippen LogP contribution is -2.50. The highest BCUT2D eigenvalue weighted by molar-refractivity contribution is 5.78. The van der Waals surface area contributed by atoms with Crippen molar-refractivity contribution < 1.29 is 29.0 Å². The molecule has 0 rings (SSSR count). The zero-order chi connectivity index (χ0) is 18.0. The highest BCUT2D eigenvalue weighted by Crippen LogP contribution is 2.03. The van der Waals surface area contributed by atoms with E-state index < -0.39 is 36.3 Å². The first-order valence-electron chi connectivity index (χ1n) is 7.06. The Labute approximate surface area is 134 Å². The third-order valence-corrected chi connectivity index (χ3v) is 2.88. The molecule has 0 heterocycles. The Hall–Kier alpha value is -2.20. The van der Waals surface area contributed by atoms with E-state index in [2.05, 4.69) is 0 Å². The van der Waals surface area contributed by atoms with E-state index in [-0.39, 0.29) is 32.8 Å². The summed E-state index contributed by atoms with van der Waals surface area (Å²) in [5, 5.41) is 8.88. The van der Waals surface area contributed by atoms with Gasteiger partial charge in [-0.3, -0.25) is 29.0 Å². The molecule has 0 fully saturated rings. The zero-order valence-corrected chi connectivity index (χ0v) is 13.4. The first-order chi connectivity index (χ1) is 10.6. The fourth-order valence-corrected chi connectivity index (χ4v) is 2.03. The first kappa shape index (κ1) is 20.8. The topological polar surface area (TPSA) is 156 Å². The molecule has 5 N–H and O–H groups in total. The summed E-state index contributed by atoms with van der Waals surface area (Å²) in [6, 6.07) is -0.452. The van der Waals surface area contributed by atoms with Crippen LogP contribution in [-0.2, 0) is 23.9 Å². The molecule has 0 aliphatic carbocycles. The molecular formula is C13H24N4O6. The maximum Gasteiger partial charge on any atom is 0.320 e. The molecule has 1 atom stereocenters. The number of carbonyl (C=O) groups is 4. The SMILES string of the molecule is CCOC(=O)CN(CC(N)=O)C[C@@H](C)N(CC(N)=O)CC(=O)O. The van der Waals surface area contributed by atoms with Crippen LogP contribution in [0.5, 0.6) is 0 Å². The van der Waals surface area contributed by atoms with E-state index in [0.717, 1.165) is 0 Å². The van der Waals surface area contributed by atoms with Crippen molar-refractivity contribution in [3.8, 4) is 0 Å². The molecule has 0 radical (unpaired) electrons. The summed E-state index contributed by atoms with van der Waals surface area (Å²) in [7, 11) is 0. The van der Waals surface area contributed by atoms with E-state index >= 15 is 0 Å². The number of carboxylic acids is 1. The van der Waals surface area contributed by atoms with E-state index in [1.807, 2.05) is 0 Å². The number of carboxylic acid groups (broad SMARTS) is 1. The predicted molar refractivity (Wildman–Crippen MR) is 80.1 cm³/mol. The Bertz CT molecular complexity index is 426. The van der Waals surface area contributed by atoms with Crippen LogP contribution in [0.1, 0.15) is 13.8 Å². The Kier molecular flexibility index (Phi) is 9.51. The van der Waals surface area contributed by atoms with Gasteiger partial charge < -0.3 is 21.3 Å². The molecule has 0 bridgehead atoms. The quantitative estimate of drug-likeness (QED) is 0.334. The number of amides is 2. The molecule has 0 aromatic carbocycles. The summed E-state index contributed by atoms with van der Waals surface area (Å²) in [4.78, 5) is 47.3. The Morgan fingerprint density at radius 2 is 1.61 bits per heavy atom. The lowest BCUT2D eigenvalue weighted by molar-refractivity contribution is -0.145. The second-order valence-corrected chi connectivity index (χ2v) is 5.06. The third-order valence-electron chi connectivity index (χ3n) is 2.88. The van der Waals surface area contributed by atoms with Gasteiger partial charge in [-0.25, -0.2) is 0 Å². The van der Waals surface area contributed by atoms with Crippen LogP contribution in [0.15, 0.2) is 0 Å².